The van der Waals surface area contributed by atoms with Gasteiger partial charge in [0.05, 0.1) is 19.2 Å². The Morgan fingerprint density at radius 2 is 2.17 bits per heavy atom. The van der Waals surface area contributed by atoms with Crippen molar-refractivity contribution in [2.24, 2.45) is 5.41 Å². The van der Waals surface area contributed by atoms with Gasteiger partial charge in [0.25, 0.3) is 5.89 Å². The average Bonchev–Trinajstić information content (AvgIpc) is 3.03. The summed E-state index contributed by atoms with van der Waals surface area (Å²) in [5.74, 6) is 1.78. The van der Waals surface area contributed by atoms with E-state index in [2.05, 4.69) is 22.0 Å². The lowest BCUT2D eigenvalue weighted by atomic mass is 9.83. The van der Waals surface area contributed by atoms with Crippen LogP contribution in [0.25, 0.3) is 11.5 Å². The lowest BCUT2D eigenvalue weighted by Crippen LogP contribution is -2.43. The summed E-state index contributed by atoms with van der Waals surface area (Å²) in [6, 6.07) is 7.60. The van der Waals surface area contributed by atoms with Crippen molar-refractivity contribution in [2.75, 3.05) is 26.8 Å². The molecule has 1 atom stereocenters. The first kappa shape index (κ1) is 16.0. The van der Waals surface area contributed by atoms with Crippen LogP contribution in [0.1, 0.15) is 25.7 Å². The number of nitrogens with zero attached hydrogens (tertiary/aromatic N) is 3. The molecule has 1 unspecified atom stereocenters. The van der Waals surface area contributed by atoms with Gasteiger partial charge in [-0.15, -0.1) is 10.2 Å². The smallest absolute Gasteiger partial charge is 0.251 e. The number of benzene rings is 1. The van der Waals surface area contributed by atoms with Gasteiger partial charge in [-0.25, -0.2) is 0 Å². The van der Waals surface area contributed by atoms with Crippen LogP contribution in [0.3, 0.4) is 0 Å². The first-order chi connectivity index (χ1) is 11.1. The number of ether oxygens (including phenoxy) is 1. The molecule has 0 amide bonds. The van der Waals surface area contributed by atoms with Gasteiger partial charge in [-0.2, -0.15) is 0 Å². The van der Waals surface area contributed by atoms with Gasteiger partial charge in [0.15, 0.2) is 0 Å². The van der Waals surface area contributed by atoms with Crippen LogP contribution in [-0.4, -0.2) is 47.0 Å². The summed E-state index contributed by atoms with van der Waals surface area (Å²) in [5.41, 5.74) is 0.761. The summed E-state index contributed by atoms with van der Waals surface area (Å²) in [7, 11) is 1.62. The van der Waals surface area contributed by atoms with Crippen LogP contribution in [0.4, 0.5) is 0 Å². The zero-order chi connectivity index (χ0) is 16.3. The zero-order valence-corrected chi connectivity index (χ0v) is 13.7. The second-order valence-corrected chi connectivity index (χ2v) is 6.48. The molecule has 1 aliphatic heterocycles. The van der Waals surface area contributed by atoms with E-state index in [1.165, 1.54) is 0 Å². The van der Waals surface area contributed by atoms with Crippen molar-refractivity contribution in [3.8, 4) is 17.2 Å². The lowest BCUT2D eigenvalue weighted by Gasteiger charge is -2.38. The maximum atomic E-state index is 9.55. The minimum Gasteiger partial charge on any atom is -0.496 e. The Morgan fingerprint density at radius 1 is 1.35 bits per heavy atom. The molecule has 124 valence electrons. The third-order valence-corrected chi connectivity index (χ3v) is 4.40. The number of piperidine rings is 1. The lowest BCUT2D eigenvalue weighted by molar-refractivity contribution is 0.0392. The van der Waals surface area contributed by atoms with Gasteiger partial charge in [-0.3, -0.25) is 4.90 Å². The summed E-state index contributed by atoms with van der Waals surface area (Å²) < 4.78 is 11.1. The van der Waals surface area contributed by atoms with Gasteiger partial charge in [-0.1, -0.05) is 19.1 Å². The molecular weight excluding hydrogens is 294 g/mol. The molecule has 1 saturated heterocycles. The highest BCUT2D eigenvalue weighted by atomic mass is 16.5. The minimum atomic E-state index is -0.0379. The Bertz CT molecular complexity index is 658. The van der Waals surface area contributed by atoms with E-state index in [0.717, 1.165) is 31.5 Å². The topological polar surface area (TPSA) is 71.6 Å². The number of likely N-dealkylation sites (tertiary alicyclic amines) is 1. The summed E-state index contributed by atoms with van der Waals surface area (Å²) in [5, 5.41) is 17.9. The van der Waals surface area contributed by atoms with Crippen LogP contribution in [-0.2, 0) is 6.54 Å². The van der Waals surface area contributed by atoms with E-state index in [1.807, 2.05) is 24.3 Å². The molecule has 23 heavy (non-hydrogen) atoms. The molecule has 2 heterocycles. The van der Waals surface area contributed by atoms with Crippen molar-refractivity contribution in [1.29, 1.82) is 0 Å². The number of para-hydroxylation sites is 1. The van der Waals surface area contributed by atoms with Gasteiger partial charge in [0, 0.05) is 18.6 Å². The summed E-state index contributed by atoms with van der Waals surface area (Å²) in [6.07, 6.45) is 2.13. The van der Waals surface area contributed by atoms with E-state index >= 15 is 0 Å². The van der Waals surface area contributed by atoms with E-state index in [1.54, 1.807) is 7.11 Å². The number of rotatable bonds is 5. The van der Waals surface area contributed by atoms with E-state index in [9.17, 15) is 5.11 Å². The van der Waals surface area contributed by atoms with Crippen LogP contribution in [0.2, 0.25) is 0 Å². The molecule has 0 saturated carbocycles. The highest BCUT2D eigenvalue weighted by Gasteiger charge is 2.31. The third-order valence-electron chi connectivity index (χ3n) is 4.40. The number of hydrogen-bond acceptors (Lipinski definition) is 6. The van der Waals surface area contributed by atoms with Gasteiger partial charge in [-0.05, 0) is 31.5 Å². The number of aliphatic hydroxyl groups is 1. The Hall–Kier alpha value is -1.92. The molecule has 0 bridgehead atoms. The zero-order valence-electron chi connectivity index (χ0n) is 13.7. The average molecular weight is 317 g/mol. The first-order valence-corrected chi connectivity index (χ1v) is 7.92. The number of aromatic nitrogens is 2. The van der Waals surface area contributed by atoms with Crippen LogP contribution in [0.5, 0.6) is 5.75 Å². The normalized spacial score (nSPS) is 22.2. The maximum absolute atomic E-state index is 9.55. The molecule has 1 aromatic heterocycles. The summed E-state index contributed by atoms with van der Waals surface area (Å²) in [4.78, 5) is 2.26. The molecule has 2 aromatic rings. The SMILES string of the molecule is COc1ccccc1-c1nnc(CN2CCCC(C)(CO)C2)o1. The Kier molecular flexibility index (Phi) is 4.63. The van der Waals surface area contributed by atoms with Gasteiger partial charge in [0.2, 0.25) is 5.89 Å². The number of hydrogen-bond donors (Lipinski definition) is 1. The fraction of sp³-hybridized carbons (Fsp3) is 0.529. The number of aliphatic hydroxyl groups excluding tert-OH is 1. The van der Waals surface area contributed by atoms with Crippen molar-refractivity contribution in [3.63, 3.8) is 0 Å². The molecule has 1 fully saturated rings. The molecule has 1 aromatic carbocycles. The molecule has 0 aliphatic carbocycles. The summed E-state index contributed by atoms with van der Waals surface area (Å²) in [6.45, 7) is 4.77. The molecule has 6 heteroatoms. The Labute approximate surface area is 136 Å². The van der Waals surface area contributed by atoms with Crippen molar-refractivity contribution in [3.05, 3.63) is 30.2 Å². The second kappa shape index (κ2) is 6.68. The van der Waals surface area contributed by atoms with Crippen molar-refractivity contribution in [1.82, 2.24) is 15.1 Å². The fourth-order valence-corrected chi connectivity index (χ4v) is 3.13. The monoisotopic (exact) mass is 317 g/mol. The van der Waals surface area contributed by atoms with Crippen molar-refractivity contribution < 1.29 is 14.3 Å². The predicted molar refractivity (Wildman–Crippen MR) is 86.0 cm³/mol. The van der Waals surface area contributed by atoms with Crippen molar-refractivity contribution in [2.45, 2.75) is 26.3 Å². The Morgan fingerprint density at radius 3 is 2.96 bits per heavy atom. The van der Waals surface area contributed by atoms with Crippen LogP contribution in [0, 0.1) is 5.41 Å². The molecule has 0 radical (unpaired) electrons. The summed E-state index contributed by atoms with van der Waals surface area (Å²) >= 11 is 0. The predicted octanol–water partition coefficient (Wildman–Crippen LogP) is 2.34. The third kappa shape index (κ3) is 3.54. The van der Waals surface area contributed by atoms with Gasteiger partial charge >= 0.3 is 0 Å². The first-order valence-electron chi connectivity index (χ1n) is 7.92. The van der Waals surface area contributed by atoms with Crippen LogP contribution in [0.15, 0.2) is 28.7 Å². The number of methoxy groups -OCH3 is 1. The Balaban J connectivity index is 1.72. The largest absolute Gasteiger partial charge is 0.496 e. The fourth-order valence-electron chi connectivity index (χ4n) is 3.13. The van der Waals surface area contributed by atoms with E-state index < -0.39 is 0 Å². The maximum Gasteiger partial charge on any atom is 0.251 e. The van der Waals surface area contributed by atoms with E-state index in [0.29, 0.717) is 24.1 Å². The molecule has 3 rings (SSSR count). The quantitative estimate of drug-likeness (QED) is 0.912. The van der Waals surface area contributed by atoms with Crippen molar-refractivity contribution >= 4 is 0 Å². The second-order valence-electron chi connectivity index (χ2n) is 6.48. The van der Waals surface area contributed by atoms with Gasteiger partial charge in [0.1, 0.15) is 5.75 Å². The minimum absolute atomic E-state index is 0.0379. The van der Waals surface area contributed by atoms with Gasteiger partial charge < -0.3 is 14.3 Å². The van der Waals surface area contributed by atoms with Crippen LogP contribution >= 0.6 is 0 Å². The molecule has 6 nitrogen and oxygen atoms in total. The highest BCUT2D eigenvalue weighted by molar-refractivity contribution is 5.62. The highest BCUT2D eigenvalue weighted by Crippen LogP contribution is 2.31. The molecule has 1 aliphatic rings. The standard InChI is InChI=1S/C17H23N3O3/c1-17(12-21)8-5-9-20(11-17)10-15-18-19-16(23-15)13-6-3-4-7-14(13)22-2/h3-4,6-7,21H,5,8-12H2,1-2H3. The molecular formula is C17H23N3O3. The van der Waals surface area contributed by atoms with E-state index in [4.69, 9.17) is 9.15 Å². The molecule has 0 spiro atoms. The van der Waals surface area contributed by atoms with Crippen LogP contribution < -0.4 is 4.74 Å². The molecule has 1 N–H and O–H groups in total. The van der Waals surface area contributed by atoms with E-state index in [-0.39, 0.29) is 12.0 Å².